The number of ether oxygens (including phenoxy) is 2. The molecule has 0 spiro atoms. The molecule has 2 aromatic carbocycles. The molecule has 0 saturated heterocycles. The van der Waals surface area contributed by atoms with E-state index in [2.05, 4.69) is 21.2 Å². The molecular weight excluding hydrogens is 415 g/mol. The maximum absolute atomic E-state index is 12.9. The van der Waals surface area contributed by atoms with Gasteiger partial charge in [0, 0.05) is 13.7 Å². The second-order valence-electron chi connectivity index (χ2n) is 5.52. The highest BCUT2D eigenvalue weighted by atomic mass is 79.9. The number of nitrogens with zero attached hydrogens (tertiary/aromatic N) is 1. The van der Waals surface area contributed by atoms with Gasteiger partial charge in [-0.05, 0) is 57.4 Å². The summed E-state index contributed by atoms with van der Waals surface area (Å²) in [5.74, 6) is -0.155. The van der Waals surface area contributed by atoms with E-state index in [0.717, 1.165) is 5.56 Å². The number of carbonyl (C=O) groups excluding carboxylic acids is 1. The predicted octanol–water partition coefficient (Wildman–Crippen LogP) is 3.84. The van der Waals surface area contributed by atoms with Crippen LogP contribution in [0, 0.1) is 17.1 Å². The lowest BCUT2D eigenvalue weighted by molar-refractivity contribution is -0.117. The Hall–Kier alpha value is -2.69. The molecule has 0 atom stereocenters. The Bertz CT molecular complexity index is 861. The van der Waals surface area contributed by atoms with Crippen molar-refractivity contribution in [1.29, 1.82) is 5.26 Å². The summed E-state index contributed by atoms with van der Waals surface area (Å²) in [6.07, 6.45) is 1.50. The van der Waals surface area contributed by atoms with Crippen molar-refractivity contribution >= 4 is 27.9 Å². The minimum atomic E-state index is -0.456. The predicted molar refractivity (Wildman–Crippen MR) is 103 cm³/mol. The van der Waals surface area contributed by atoms with Gasteiger partial charge >= 0.3 is 0 Å². The molecule has 140 valence electrons. The third kappa shape index (κ3) is 6.51. The maximum atomic E-state index is 12.9. The van der Waals surface area contributed by atoms with Crippen molar-refractivity contribution in [2.45, 2.75) is 6.61 Å². The normalized spacial score (nSPS) is 11.0. The molecule has 0 aromatic heterocycles. The number of amides is 1. The van der Waals surface area contributed by atoms with Crippen LogP contribution < -0.4 is 10.1 Å². The van der Waals surface area contributed by atoms with E-state index in [1.807, 2.05) is 6.07 Å². The van der Waals surface area contributed by atoms with E-state index in [9.17, 15) is 14.4 Å². The van der Waals surface area contributed by atoms with Crippen LogP contribution in [-0.2, 0) is 16.1 Å². The molecule has 1 amide bonds. The quantitative estimate of drug-likeness (QED) is 0.390. The molecule has 2 rings (SSSR count). The molecular formula is C20H18BrFN2O3. The molecule has 0 heterocycles. The van der Waals surface area contributed by atoms with Crippen molar-refractivity contribution in [2.75, 3.05) is 20.3 Å². The van der Waals surface area contributed by atoms with E-state index in [-0.39, 0.29) is 11.4 Å². The summed E-state index contributed by atoms with van der Waals surface area (Å²) in [6, 6.07) is 13.2. The highest BCUT2D eigenvalue weighted by Crippen LogP contribution is 2.27. The lowest BCUT2D eigenvalue weighted by atomic mass is 10.1. The van der Waals surface area contributed by atoms with Crippen molar-refractivity contribution in [3.05, 3.63) is 69.5 Å². The van der Waals surface area contributed by atoms with Gasteiger partial charge < -0.3 is 14.8 Å². The molecule has 0 aliphatic heterocycles. The van der Waals surface area contributed by atoms with Gasteiger partial charge in [0.25, 0.3) is 5.91 Å². The van der Waals surface area contributed by atoms with Crippen LogP contribution in [0.25, 0.3) is 6.08 Å². The van der Waals surface area contributed by atoms with E-state index < -0.39 is 5.91 Å². The Labute approximate surface area is 165 Å². The van der Waals surface area contributed by atoms with Gasteiger partial charge in [0.2, 0.25) is 0 Å². The number of carbonyl (C=O) groups is 1. The molecule has 0 aliphatic carbocycles. The monoisotopic (exact) mass is 432 g/mol. The highest BCUT2D eigenvalue weighted by Gasteiger charge is 2.09. The first-order valence-electron chi connectivity index (χ1n) is 8.09. The van der Waals surface area contributed by atoms with Gasteiger partial charge in [-0.25, -0.2) is 4.39 Å². The zero-order valence-electron chi connectivity index (χ0n) is 14.7. The zero-order valence-corrected chi connectivity index (χ0v) is 16.3. The molecule has 0 bridgehead atoms. The maximum Gasteiger partial charge on any atom is 0.262 e. The number of methoxy groups -OCH3 is 1. The second kappa shape index (κ2) is 10.5. The summed E-state index contributed by atoms with van der Waals surface area (Å²) >= 11 is 3.42. The highest BCUT2D eigenvalue weighted by molar-refractivity contribution is 9.10. The van der Waals surface area contributed by atoms with Gasteiger partial charge in [0.15, 0.2) is 0 Å². The average molecular weight is 433 g/mol. The average Bonchev–Trinajstić information content (AvgIpc) is 2.66. The SMILES string of the molecule is COCCNC(=O)/C(C#N)=C/c1ccc(OCc2ccc(F)cc2)c(Br)c1. The largest absolute Gasteiger partial charge is 0.488 e. The molecule has 7 heteroatoms. The summed E-state index contributed by atoms with van der Waals surface area (Å²) in [6.45, 7) is 0.990. The Kier molecular flexibility index (Phi) is 7.99. The van der Waals surface area contributed by atoms with Gasteiger partial charge in [-0.3, -0.25) is 4.79 Å². The minimum Gasteiger partial charge on any atom is -0.488 e. The van der Waals surface area contributed by atoms with Crippen LogP contribution in [0.15, 0.2) is 52.5 Å². The van der Waals surface area contributed by atoms with Gasteiger partial charge in [-0.1, -0.05) is 18.2 Å². The summed E-state index contributed by atoms with van der Waals surface area (Å²) < 4.78 is 24.2. The molecule has 0 aliphatic rings. The van der Waals surface area contributed by atoms with Gasteiger partial charge in [-0.2, -0.15) is 5.26 Å². The van der Waals surface area contributed by atoms with Crippen molar-refractivity contribution in [2.24, 2.45) is 0 Å². The number of halogens is 2. The van der Waals surface area contributed by atoms with Crippen LogP contribution in [-0.4, -0.2) is 26.2 Å². The van der Waals surface area contributed by atoms with E-state index in [1.54, 1.807) is 30.3 Å². The van der Waals surface area contributed by atoms with Crippen molar-refractivity contribution in [1.82, 2.24) is 5.32 Å². The van der Waals surface area contributed by atoms with Crippen molar-refractivity contribution < 1.29 is 18.7 Å². The molecule has 0 saturated carbocycles. The molecule has 0 fully saturated rings. The molecule has 1 N–H and O–H groups in total. The third-order valence-corrected chi connectivity index (χ3v) is 4.15. The first-order valence-corrected chi connectivity index (χ1v) is 8.88. The molecule has 0 radical (unpaired) electrons. The van der Waals surface area contributed by atoms with E-state index in [1.165, 1.54) is 25.3 Å². The van der Waals surface area contributed by atoms with Crippen LogP contribution in [0.2, 0.25) is 0 Å². The summed E-state index contributed by atoms with van der Waals surface area (Å²) in [4.78, 5) is 12.0. The van der Waals surface area contributed by atoms with Crippen LogP contribution in [0.4, 0.5) is 4.39 Å². The first-order chi connectivity index (χ1) is 13.0. The number of hydrogen-bond donors (Lipinski definition) is 1. The Balaban J connectivity index is 2.04. The standard InChI is InChI=1S/C20H18BrFN2O3/c1-26-9-8-24-20(25)16(12-23)10-15-4-7-19(18(21)11-15)27-13-14-2-5-17(22)6-3-14/h2-7,10-11H,8-9,13H2,1H3,(H,24,25)/b16-10+. The first kappa shape index (κ1) is 20.6. The van der Waals surface area contributed by atoms with Crippen LogP contribution >= 0.6 is 15.9 Å². The van der Waals surface area contributed by atoms with E-state index >= 15 is 0 Å². The molecule has 0 unspecified atom stereocenters. The summed E-state index contributed by atoms with van der Waals surface area (Å²) in [7, 11) is 1.53. The van der Waals surface area contributed by atoms with Crippen LogP contribution in [0.1, 0.15) is 11.1 Å². The van der Waals surface area contributed by atoms with Crippen LogP contribution in [0.3, 0.4) is 0 Å². The number of nitrogens with one attached hydrogen (secondary N) is 1. The van der Waals surface area contributed by atoms with Crippen molar-refractivity contribution in [3.8, 4) is 11.8 Å². The minimum absolute atomic E-state index is 0.00187. The fourth-order valence-electron chi connectivity index (χ4n) is 2.14. The lowest BCUT2D eigenvalue weighted by Crippen LogP contribution is -2.27. The Morgan fingerprint density at radius 2 is 2.04 bits per heavy atom. The molecule has 2 aromatic rings. The van der Waals surface area contributed by atoms with Gasteiger partial charge in [0.05, 0.1) is 11.1 Å². The van der Waals surface area contributed by atoms with E-state index in [0.29, 0.717) is 35.5 Å². The fraction of sp³-hybridized carbons (Fsp3) is 0.200. The van der Waals surface area contributed by atoms with Crippen molar-refractivity contribution in [3.63, 3.8) is 0 Å². The number of hydrogen-bond acceptors (Lipinski definition) is 4. The number of nitriles is 1. The van der Waals surface area contributed by atoms with Crippen LogP contribution in [0.5, 0.6) is 5.75 Å². The Morgan fingerprint density at radius 1 is 1.30 bits per heavy atom. The lowest BCUT2D eigenvalue weighted by Gasteiger charge is -2.09. The summed E-state index contributed by atoms with van der Waals surface area (Å²) in [5, 5.41) is 11.8. The van der Waals surface area contributed by atoms with Gasteiger partial charge in [-0.15, -0.1) is 0 Å². The third-order valence-electron chi connectivity index (χ3n) is 3.53. The summed E-state index contributed by atoms with van der Waals surface area (Å²) in [5.41, 5.74) is 1.51. The topological polar surface area (TPSA) is 71.3 Å². The molecule has 5 nitrogen and oxygen atoms in total. The fourth-order valence-corrected chi connectivity index (χ4v) is 2.65. The zero-order chi connectivity index (χ0) is 19.6. The number of rotatable bonds is 8. The van der Waals surface area contributed by atoms with E-state index in [4.69, 9.17) is 9.47 Å². The Morgan fingerprint density at radius 3 is 2.67 bits per heavy atom. The smallest absolute Gasteiger partial charge is 0.262 e. The van der Waals surface area contributed by atoms with Gasteiger partial charge in [0.1, 0.15) is 29.8 Å². The second-order valence-corrected chi connectivity index (χ2v) is 6.38. The number of benzene rings is 2. The molecule has 27 heavy (non-hydrogen) atoms.